The van der Waals surface area contributed by atoms with Crippen molar-refractivity contribution in [3.05, 3.63) is 38.9 Å². The van der Waals surface area contributed by atoms with Gasteiger partial charge in [-0.2, -0.15) is 0 Å². The van der Waals surface area contributed by atoms with Gasteiger partial charge in [-0.3, -0.25) is 5.32 Å². The molecule has 0 aliphatic carbocycles. The maximum atomic E-state index is 14.3. The molecule has 2 rings (SSSR count). The molecule has 1 aliphatic heterocycles. The standard InChI is InChI=1S/C15H16BrFN2O3/c1-15(2,3)22-14(20)19-10-5-8-9(12(16)13(10)17)7-21-11(8)6-18-4/h5,11H,6-7H2,1-3H3,(H,19,20). The van der Waals surface area contributed by atoms with Gasteiger partial charge in [0, 0.05) is 5.56 Å². The lowest BCUT2D eigenvalue weighted by Crippen LogP contribution is -2.27. The van der Waals surface area contributed by atoms with E-state index in [-0.39, 0.29) is 23.3 Å². The van der Waals surface area contributed by atoms with Crippen molar-refractivity contribution in [2.75, 3.05) is 11.9 Å². The van der Waals surface area contributed by atoms with E-state index in [1.807, 2.05) is 0 Å². The van der Waals surface area contributed by atoms with E-state index in [0.717, 1.165) is 0 Å². The van der Waals surface area contributed by atoms with Crippen LogP contribution < -0.4 is 5.32 Å². The fraction of sp³-hybridized carbons (Fsp3) is 0.467. The number of carbonyl (C=O) groups is 1. The van der Waals surface area contributed by atoms with Gasteiger partial charge in [-0.05, 0) is 48.3 Å². The van der Waals surface area contributed by atoms with Crippen molar-refractivity contribution in [1.82, 2.24) is 0 Å². The predicted molar refractivity (Wildman–Crippen MR) is 83.0 cm³/mol. The Morgan fingerprint density at radius 3 is 2.91 bits per heavy atom. The molecule has 0 saturated heterocycles. The number of hydrogen-bond donors (Lipinski definition) is 1. The topological polar surface area (TPSA) is 51.9 Å². The Kier molecular flexibility index (Phi) is 4.73. The van der Waals surface area contributed by atoms with Crippen LogP contribution in [-0.2, 0) is 16.1 Å². The number of benzene rings is 1. The lowest BCUT2D eigenvalue weighted by molar-refractivity contribution is 0.0635. The molecule has 0 spiro atoms. The Bertz CT molecular complexity index is 650. The van der Waals surface area contributed by atoms with Crippen LogP contribution in [0.25, 0.3) is 4.85 Å². The fourth-order valence-electron chi connectivity index (χ4n) is 2.13. The number of amides is 1. The monoisotopic (exact) mass is 370 g/mol. The molecule has 118 valence electrons. The molecule has 0 fully saturated rings. The van der Waals surface area contributed by atoms with Crippen LogP contribution in [0.4, 0.5) is 14.9 Å². The van der Waals surface area contributed by atoms with Crippen LogP contribution in [0.1, 0.15) is 38.0 Å². The fourth-order valence-corrected chi connectivity index (χ4v) is 2.69. The maximum absolute atomic E-state index is 14.3. The van der Waals surface area contributed by atoms with E-state index < -0.39 is 23.6 Å². The number of ether oxygens (including phenoxy) is 2. The summed E-state index contributed by atoms with van der Waals surface area (Å²) in [7, 11) is 0. The number of fused-ring (bicyclic) bond motifs is 1. The second kappa shape index (κ2) is 6.23. The molecule has 0 saturated carbocycles. The summed E-state index contributed by atoms with van der Waals surface area (Å²) in [5.74, 6) is -0.586. The summed E-state index contributed by atoms with van der Waals surface area (Å²) < 4.78 is 25.2. The van der Waals surface area contributed by atoms with Gasteiger partial charge in [-0.1, -0.05) is 0 Å². The molecule has 1 N–H and O–H groups in total. The molecule has 5 nitrogen and oxygen atoms in total. The van der Waals surface area contributed by atoms with Crippen LogP contribution in [-0.4, -0.2) is 18.2 Å². The highest BCUT2D eigenvalue weighted by Gasteiger charge is 2.31. The molecule has 1 unspecified atom stereocenters. The second-order valence-corrected chi connectivity index (χ2v) is 6.68. The summed E-state index contributed by atoms with van der Waals surface area (Å²) in [5, 5.41) is 2.40. The highest BCUT2D eigenvalue weighted by atomic mass is 79.9. The summed E-state index contributed by atoms with van der Waals surface area (Å²) in [6.45, 7) is 12.5. The summed E-state index contributed by atoms with van der Waals surface area (Å²) >= 11 is 3.19. The number of nitrogens with one attached hydrogen (secondary N) is 1. The molecule has 0 aromatic heterocycles. The van der Waals surface area contributed by atoms with Crippen LogP contribution in [0.5, 0.6) is 0 Å². The smallest absolute Gasteiger partial charge is 0.412 e. The Morgan fingerprint density at radius 1 is 1.64 bits per heavy atom. The third-order valence-electron chi connectivity index (χ3n) is 3.01. The van der Waals surface area contributed by atoms with Gasteiger partial charge in [0.15, 0.2) is 11.9 Å². The Morgan fingerprint density at radius 2 is 2.32 bits per heavy atom. The van der Waals surface area contributed by atoms with E-state index in [9.17, 15) is 9.18 Å². The third kappa shape index (κ3) is 3.57. The normalized spacial score (nSPS) is 16.8. The molecule has 1 atom stereocenters. The van der Waals surface area contributed by atoms with Gasteiger partial charge in [0.05, 0.1) is 16.8 Å². The second-order valence-electron chi connectivity index (χ2n) is 5.89. The van der Waals surface area contributed by atoms with E-state index in [0.29, 0.717) is 11.1 Å². The largest absolute Gasteiger partial charge is 0.444 e. The zero-order chi connectivity index (χ0) is 16.5. The van der Waals surface area contributed by atoms with Crippen LogP contribution in [0.2, 0.25) is 0 Å². The Balaban J connectivity index is 2.30. The van der Waals surface area contributed by atoms with Crippen molar-refractivity contribution in [2.24, 2.45) is 0 Å². The molecular formula is C15H16BrFN2O3. The minimum absolute atomic E-state index is 0.000329. The van der Waals surface area contributed by atoms with Crippen LogP contribution in [0.3, 0.4) is 0 Å². The third-order valence-corrected chi connectivity index (χ3v) is 3.84. The van der Waals surface area contributed by atoms with Gasteiger partial charge in [0.25, 0.3) is 0 Å². The van der Waals surface area contributed by atoms with Crippen molar-refractivity contribution in [3.8, 4) is 0 Å². The first kappa shape index (κ1) is 16.7. The summed E-state index contributed by atoms with van der Waals surface area (Å²) in [6.07, 6.45) is -1.15. The van der Waals surface area contributed by atoms with E-state index in [2.05, 4.69) is 26.1 Å². The Hall–Kier alpha value is -1.65. The van der Waals surface area contributed by atoms with E-state index in [1.54, 1.807) is 20.8 Å². The molecular weight excluding hydrogens is 355 g/mol. The van der Waals surface area contributed by atoms with E-state index >= 15 is 0 Å². The zero-order valence-corrected chi connectivity index (χ0v) is 14.1. The lowest BCUT2D eigenvalue weighted by Gasteiger charge is -2.20. The van der Waals surface area contributed by atoms with Crippen molar-refractivity contribution >= 4 is 27.7 Å². The van der Waals surface area contributed by atoms with Gasteiger partial charge in [0.2, 0.25) is 6.54 Å². The summed E-state index contributed by atoms with van der Waals surface area (Å²) in [4.78, 5) is 15.1. The molecule has 0 radical (unpaired) electrons. The minimum atomic E-state index is -0.737. The maximum Gasteiger partial charge on any atom is 0.412 e. The molecule has 1 amide bonds. The van der Waals surface area contributed by atoms with Crippen LogP contribution in [0.15, 0.2) is 10.5 Å². The number of anilines is 1. The zero-order valence-electron chi connectivity index (χ0n) is 12.5. The first-order valence-electron chi connectivity index (χ1n) is 6.68. The Labute approximate surface area is 136 Å². The number of hydrogen-bond acceptors (Lipinski definition) is 3. The summed E-state index contributed by atoms with van der Waals surface area (Å²) in [5.41, 5.74) is 0.696. The van der Waals surface area contributed by atoms with Gasteiger partial charge in [-0.25, -0.2) is 15.8 Å². The average molecular weight is 371 g/mol. The van der Waals surface area contributed by atoms with Crippen LogP contribution >= 0.6 is 15.9 Å². The summed E-state index contributed by atoms with van der Waals surface area (Å²) in [6, 6.07) is 1.50. The first-order chi connectivity index (χ1) is 10.2. The van der Waals surface area contributed by atoms with Crippen LogP contribution in [0, 0.1) is 12.4 Å². The molecule has 7 heteroatoms. The van der Waals surface area contributed by atoms with Crippen molar-refractivity contribution in [2.45, 2.75) is 39.1 Å². The quantitative estimate of drug-likeness (QED) is 0.783. The number of carbonyl (C=O) groups excluding carboxylic acids is 1. The van der Waals surface area contributed by atoms with Crippen molar-refractivity contribution in [3.63, 3.8) is 0 Å². The van der Waals surface area contributed by atoms with E-state index in [4.69, 9.17) is 16.0 Å². The van der Waals surface area contributed by atoms with Gasteiger partial charge in [0.1, 0.15) is 5.60 Å². The molecule has 1 aromatic carbocycles. The van der Waals surface area contributed by atoms with E-state index in [1.165, 1.54) is 6.07 Å². The highest BCUT2D eigenvalue weighted by Crippen LogP contribution is 2.40. The number of rotatable bonds is 2. The molecule has 1 heterocycles. The predicted octanol–water partition coefficient (Wildman–Crippen LogP) is 4.43. The number of halogens is 2. The van der Waals surface area contributed by atoms with Crippen molar-refractivity contribution < 1.29 is 18.7 Å². The molecule has 1 aliphatic rings. The van der Waals surface area contributed by atoms with Gasteiger partial charge < -0.3 is 14.3 Å². The molecule has 0 bridgehead atoms. The molecule has 1 aromatic rings. The van der Waals surface area contributed by atoms with Gasteiger partial charge >= 0.3 is 6.09 Å². The van der Waals surface area contributed by atoms with Gasteiger partial charge in [-0.15, -0.1) is 0 Å². The minimum Gasteiger partial charge on any atom is -0.444 e. The first-order valence-corrected chi connectivity index (χ1v) is 7.48. The highest BCUT2D eigenvalue weighted by molar-refractivity contribution is 9.10. The van der Waals surface area contributed by atoms with Crippen molar-refractivity contribution in [1.29, 1.82) is 0 Å². The SMILES string of the molecule is [C-]#[N+]CC1OCc2c1cc(NC(=O)OC(C)(C)C)c(F)c2Br. The number of nitrogens with zero attached hydrogens (tertiary/aromatic N) is 1. The lowest BCUT2D eigenvalue weighted by atomic mass is 10.0. The molecule has 22 heavy (non-hydrogen) atoms. The average Bonchev–Trinajstić information content (AvgIpc) is 2.77.